The summed E-state index contributed by atoms with van der Waals surface area (Å²) in [6.07, 6.45) is 0.215. The third-order valence-corrected chi connectivity index (χ3v) is 2.44. The molecule has 4 nitrogen and oxygen atoms in total. The molecule has 1 unspecified atom stereocenters. The number of carbonyl (C=O) groups excluding carboxylic acids is 2. The molecule has 1 aromatic rings. The second kappa shape index (κ2) is 3.73. The lowest BCUT2D eigenvalue weighted by atomic mass is 10.1. The Labute approximate surface area is 87.7 Å². The summed E-state index contributed by atoms with van der Waals surface area (Å²) in [5.74, 6) is -0.464. The van der Waals surface area contributed by atoms with Crippen LogP contribution in [0.3, 0.4) is 0 Å². The number of aryl methyl sites for hydroxylation is 1. The zero-order chi connectivity index (χ0) is 10.8. The van der Waals surface area contributed by atoms with E-state index in [9.17, 15) is 9.59 Å². The van der Waals surface area contributed by atoms with Gasteiger partial charge in [-0.05, 0) is 18.6 Å². The van der Waals surface area contributed by atoms with Crippen molar-refractivity contribution in [3.63, 3.8) is 0 Å². The molecule has 1 aromatic carbocycles. The molecule has 1 aliphatic heterocycles. The summed E-state index contributed by atoms with van der Waals surface area (Å²) >= 11 is 0. The first-order valence-corrected chi connectivity index (χ1v) is 4.82. The van der Waals surface area contributed by atoms with Crippen molar-refractivity contribution in [2.24, 2.45) is 0 Å². The lowest BCUT2D eigenvalue weighted by Crippen LogP contribution is -2.30. The second-order valence-electron chi connectivity index (χ2n) is 3.63. The second-order valence-corrected chi connectivity index (χ2v) is 3.63. The molecule has 1 saturated heterocycles. The van der Waals surface area contributed by atoms with E-state index >= 15 is 0 Å². The highest BCUT2D eigenvalue weighted by Crippen LogP contribution is 2.16. The fraction of sp³-hybridized carbons (Fsp3) is 0.273. The van der Waals surface area contributed by atoms with Crippen molar-refractivity contribution >= 4 is 17.5 Å². The maximum atomic E-state index is 11.3. The van der Waals surface area contributed by atoms with E-state index in [1.54, 1.807) is 0 Å². The van der Waals surface area contributed by atoms with Gasteiger partial charge < -0.3 is 5.32 Å². The van der Waals surface area contributed by atoms with Crippen molar-refractivity contribution < 1.29 is 9.59 Å². The van der Waals surface area contributed by atoms with Crippen molar-refractivity contribution in [1.29, 1.82) is 0 Å². The van der Waals surface area contributed by atoms with E-state index in [4.69, 9.17) is 0 Å². The number of carbonyl (C=O) groups is 2. The van der Waals surface area contributed by atoms with E-state index < -0.39 is 6.04 Å². The smallest absolute Gasteiger partial charge is 0.249 e. The minimum Gasteiger partial charge on any atom is -0.373 e. The standard InChI is InChI=1S/C11H12N2O2/c1-7-4-2-3-5-8(7)12-9-6-10(14)13-11(9)15/h2-5,9,12H,6H2,1H3,(H,13,14,15). The summed E-state index contributed by atoms with van der Waals surface area (Å²) in [6, 6.07) is 7.24. The van der Waals surface area contributed by atoms with Crippen LogP contribution in [0.2, 0.25) is 0 Å². The number of amides is 2. The van der Waals surface area contributed by atoms with Gasteiger partial charge in [0.05, 0.1) is 6.42 Å². The Morgan fingerprint density at radius 1 is 1.33 bits per heavy atom. The number of imide groups is 1. The molecule has 4 heteroatoms. The first-order valence-electron chi connectivity index (χ1n) is 4.82. The Morgan fingerprint density at radius 2 is 2.07 bits per heavy atom. The third-order valence-electron chi connectivity index (χ3n) is 2.44. The highest BCUT2D eigenvalue weighted by molar-refractivity contribution is 6.06. The Hall–Kier alpha value is -1.84. The van der Waals surface area contributed by atoms with E-state index in [1.807, 2.05) is 31.2 Å². The van der Waals surface area contributed by atoms with Crippen LogP contribution in [0.5, 0.6) is 0 Å². The van der Waals surface area contributed by atoms with Crippen LogP contribution in [-0.4, -0.2) is 17.9 Å². The average Bonchev–Trinajstić information content (AvgIpc) is 2.49. The quantitative estimate of drug-likeness (QED) is 0.701. The topological polar surface area (TPSA) is 58.2 Å². The van der Waals surface area contributed by atoms with Gasteiger partial charge in [0.1, 0.15) is 6.04 Å². The minimum absolute atomic E-state index is 0.215. The molecule has 15 heavy (non-hydrogen) atoms. The Kier molecular flexibility index (Phi) is 2.41. The lowest BCUT2D eigenvalue weighted by molar-refractivity contribution is -0.124. The van der Waals surface area contributed by atoms with E-state index in [1.165, 1.54) is 0 Å². The lowest BCUT2D eigenvalue weighted by Gasteiger charge is -2.12. The molecular formula is C11H12N2O2. The molecule has 0 spiro atoms. The minimum atomic E-state index is -0.432. The van der Waals surface area contributed by atoms with E-state index in [-0.39, 0.29) is 18.2 Å². The van der Waals surface area contributed by atoms with Gasteiger partial charge in [0.15, 0.2) is 0 Å². The number of para-hydroxylation sites is 1. The van der Waals surface area contributed by atoms with Crippen LogP contribution < -0.4 is 10.6 Å². The molecule has 0 aliphatic carbocycles. The van der Waals surface area contributed by atoms with E-state index in [0.29, 0.717) is 0 Å². The highest BCUT2D eigenvalue weighted by atomic mass is 16.2. The summed E-state index contributed by atoms with van der Waals surface area (Å²) in [5.41, 5.74) is 1.96. The Bertz CT molecular complexity index is 415. The zero-order valence-electron chi connectivity index (χ0n) is 8.41. The number of benzene rings is 1. The van der Waals surface area contributed by atoms with Gasteiger partial charge >= 0.3 is 0 Å². The van der Waals surface area contributed by atoms with Gasteiger partial charge in [0, 0.05) is 5.69 Å². The first-order chi connectivity index (χ1) is 7.16. The van der Waals surface area contributed by atoms with Gasteiger partial charge in [-0.3, -0.25) is 14.9 Å². The van der Waals surface area contributed by atoms with Gasteiger partial charge in [0.25, 0.3) is 0 Å². The van der Waals surface area contributed by atoms with Crippen LogP contribution in [0.1, 0.15) is 12.0 Å². The summed E-state index contributed by atoms with van der Waals surface area (Å²) < 4.78 is 0. The zero-order valence-corrected chi connectivity index (χ0v) is 8.41. The van der Waals surface area contributed by atoms with Crippen molar-refractivity contribution in [1.82, 2.24) is 5.32 Å². The molecule has 1 heterocycles. The molecule has 0 saturated carbocycles. The average molecular weight is 204 g/mol. The van der Waals surface area contributed by atoms with Gasteiger partial charge in [-0.2, -0.15) is 0 Å². The summed E-state index contributed by atoms with van der Waals surface area (Å²) in [6.45, 7) is 1.96. The van der Waals surface area contributed by atoms with Crippen LogP contribution in [0.25, 0.3) is 0 Å². The number of hydrogen-bond donors (Lipinski definition) is 2. The van der Waals surface area contributed by atoms with Crippen LogP contribution in [0.4, 0.5) is 5.69 Å². The monoisotopic (exact) mass is 204 g/mol. The van der Waals surface area contributed by atoms with Gasteiger partial charge in [0.2, 0.25) is 11.8 Å². The molecule has 0 bridgehead atoms. The van der Waals surface area contributed by atoms with Crippen molar-refractivity contribution in [2.45, 2.75) is 19.4 Å². The molecule has 0 aromatic heterocycles. The predicted molar refractivity (Wildman–Crippen MR) is 56.4 cm³/mol. The number of nitrogens with one attached hydrogen (secondary N) is 2. The fourth-order valence-corrected chi connectivity index (χ4v) is 1.59. The van der Waals surface area contributed by atoms with Crippen molar-refractivity contribution in [3.05, 3.63) is 29.8 Å². The molecule has 0 radical (unpaired) electrons. The Balaban J connectivity index is 2.13. The van der Waals surface area contributed by atoms with Gasteiger partial charge in [-0.15, -0.1) is 0 Å². The molecule has 78 valence electrons. The summed E-state index contributed by atoms with van der Waals surface area (Å²) in [5, 5.41) is 5.32. The normalized spacial score (nSPS) is 20.2. The molecule has 1 atom stereocenters. The maximum Gasteiger partial charge on any atom is 0.249 e. The van der Waals surface area contributed by atoms with E-state index in [2.05, 4.69) is 10.6 Å². The molecular weight excluding hydrogens is 192 g/mol. The molecule has 1 fully saturated rings. The first kappa shape index (κ1) is 9.71. The van der Waals surface area contributed by atoms with Crippen LogP contribution in [0, 0.1) is 6.92 Å². The fourth-order valence-electron chi connectivity index (χ4n) is 1.59. The predicted octanol–water partition coefficient (Wildman–Crippen LogP) is 0.822. The van der Waals surface area contributed by atoms with Crippen molar-refractivity contribution in [2.75, 3.05) is 5.32 Å². The number of hydrogen-bond acceptors (Lipinski definition) is 3. The van der Waals surface area contributed by atoms with Crippen LogP contribution in [-0.2, 0) is 9.59 Å². The van der Waals surface area contributed by atoms with Gasteiger partial charge in [-0.1, -0.05) is 18.2 Å². The Morgan fingerprint density at radius 3 is 2.67 bits per heavy atom. The molecule has 2 N–H and O–H groups in total. The van der Waals surface area contributed by atoms with Crippen LogP contribution >= 0.6 is 0 Å². The number of anilines is 1. The summed E-state index contributed by atoms with van der Waals surface area (Å²) in [4.78, 5) is 22.3. The number of rotatable bonds is 2. The third kappa shape index (κ3) is 1.98. The SMILES string of the molecule is Cc1ccccc1NC1CC(=O)NC1=O. The van der Waals surface area contributed by atoms with Crippen LogP contribution in [0.15, 0.2) is 24.3 Å². The summed E-state index contributed by atoms with van der Waals surface area (Å²) in [7, 11) is 0. The van der Waals surface area contributed by atoms with Gasteiger partial charge in [-0.25, -0.2) is 0 Å². The highest BCUT2D eigenvalue weighted by Gasteiger charge is 2.30. The maximum absolute atomic E-state index is 11.3. The largest absolute Gasteiger partial charge is 0.373 e. The molecule has 2 rings (SSSR count). The molecule has 1 aliphatic rings. The molecule has 2 amide bonds. The van der Waals surface area contributed by atoms with E-state index in [0.717, 1.165) is 11.3 Å². The van der Waals surface area contributed by atoms with Crippen molar-refractivity contribution in [3.8, 4) is 0 Å².